The van der Waals surface area contributed by atoms with E-state index in [2.05, 4.69) is 17.6 Å². The van der Waals surface area contributed by atoms with Crippen LogP contribution in [0.5, 0.6) is 0 Å². The fourth-order valence-electron chi connectivity index (χ4n) is 3.31. The van der Waals surface area contributed by atoms with Crippen LogP contribution >= 0.6 is 0 Å². The second-order valence-corrected chi connectivity index (χ2v) is 7.66. The highest BCUT2D eigenvalue weighted by molar-refractivity contribution is 6.09. The minimum absolute atomic E-state index is 0.275. The Hall–Kier alpha value is -2.37. The zero-order chi connectivity index (χ0) is 20.0. The summed E-state index contributed by atoms with van der Waals surface area (Å²) in [6.07, 6.45) is 6.00. The number of aryl methyl sites for hydroxylation is 2. The lowest BCUT2D eigenvalue weighted by atomic mass is 9.94. The predicted octanol–water partition coefficient (Wildman–Crippen LogP) is 3.91. The average Bonchev–Trinajstić information content (AvgIpc) is 2.81. The molecule has 6 nitrogen and oxygen atoms in total. The largest absolute Gasteiger partial charge is 0.325 e. The van der Waals surface area contributed by atoms with Crippen molar-refractivity contribution in [3.63, 3.8) is 0 Å². The maximum absolute atomic E-state index is 12.7. The molecule has 2 N–H and O–H groups in total. The summed E-state index contributed by atoms with van der Waals surface area (Å²) in [5, 5.41) is 5.52. The predicted molar refractivity (Wildman–Crippen MR) is 107 cm³/mol. The first-order chi connectivity index (χ1) is 12.8. The number of unbranched alkanes of at least 4 members (excludes halogenated alkanes) is 4. The molecule has 1 aliphatic heterocycles. The quantitative estimate of drug-likeness (QED) is 0.509. The van der Waals surface area contributed by atoms with E-state index >= 15 is 0 Å². The topological polar surface area (TPSA) is 78.5 Å². The Bertz CT molecular complexity index is 717. The number of imide groups is 1. The number of anilines is 1. The lowest BCUT2D eigenvalue weighted by molar-refractivity contribution is -0.133. The summed E-state index contributed by atoms with van der Waals surface area (Å²) in [6, 6.07) is 5.12. The maximum atomic E-state index is 12.7. The van der Waals surface area contributed by atoms with Crippen molar-refractivity contribution in [2.75, 3.05) is 11.9 Å². The van der Waals surface area contributed by atoms with Gasteiger partial charge in [0.15, 0.2) is 0 Å². The number of nitrogens with one attached hydrogen (secondary N) is 2. The first kappa shape index (κ1) is 20.9. The first-order valence-electron chi connectivity index (χ1n) is 9.78. The van der Waals surface area contributed by atoms with E-state index in [1.54, 1.807) is 6.92 Å². The van der Waals surface area contributed by atoms with E-state index in [1.165, 1.54) is 6.42 Å². The highest BCUT2D eigenvalue weighted by Crippen LogP contribution is 2.24. The second kappa shape index (κ2) is 9.02. The molecular weight excluding hydrogens is 342 g/mol. The van der Waals surface area contributed by atoms with Gasteiger partial charge in [-0.1, -0.05) is 45.1 Å². The van der Waals surface area contributed by atoms with E-state index in [1.807, 2.05) is 32.0 Å². The van der Waals surface area contributed by atoms with Crippen LogP contribution in [0, 0.1) is 13.8 Å². The molecule has 1 aromatic rings. The Morgan fingerprint density at radius 3 is 2.48 bits per heavy atom. The molecule has 0 radical (unpaired) electrons. The van der Waals surface area contributed by atoms with Crippen molar-refractivity contribution in [1.82, 2.24) is 10.2 Å². The smallest absolute Gasteiger partial charge is 0.325 e. The summed E-state index contributed by atoms with van der Waals surface area (Å²) in [4.78, 5) is 38.3. The van der Waals surface area contributed by atoms with Crippen LogP contribution in [0.1, 0.15) is 63.5 Å². The van der Waals surface area contributed by atoms with Crippen LogP contribution in [-0.4, -0.2) is 34.8 Å². The number of amides is 4. The third kappa shape index (κ3) is 5.31. The number of carbonyl (C=O) groups is 3. The van der Waals surface area contributed by atoms with Gasteiger partial charge in [0.05, 0.1) is 0 Å². The number of urea groups is 1. The maximum Gasteiger partial charge on any atom is 0.325 e. The number of hydrogen-bond acceptors (Lipinski definition) is 3. The van der Waals surface area contributed by atoms with Gasteiger partial charge < -0.3 is 10.6 Å². The minimum atomic E-state index is -0.913. The van der Waals surface area contributed by atoms with Crippen molar-refractivity contribution in [3.8, 4) is 0 Å². The average molecular weight is 373 g/mol. The molecule has 6 heteroatoms. The molecule has 0 aromatic heterocycles. The standard InChI is InChI=1S/C21H31N3O3/c1-5-6-7-8-9-12-21(4)19(26)24(20(27)23-21)14-18(25)22-17-11-10-15(2)16(3)13-17/h10-11,13H,5-9,12,14H2,1-4H3,(H,22,25)(H,23,27)/t21-/m1/s1. The summed E-state index contributed by atoms with van der Waals surface area (Å²) in [5.41, 5.74) is 1.95. The van der Waals surface area contributed by atoms with Crippen LogP contribution in [0.2, 0.25) is 0 Å². The van der Waals surface area contributed by atoms with Crippen LogP contribution in [0.15, 0.2) is 18.2 Å². The fraction of sp³-hybridized carbons (Fsp3) is 0.571. The number of rotatable bonds is 9. The highest BCUT2D eigenvalue weighted by Gasteiger charge is 2.47. The van der Waals surface area contributed by atoms with Gasteiger partial charge in [0.1, 0.15) is 12.1 Å². The normalized spacial score (nSPS) is 19.3. The lowest BCUT2D eigenvalue weighted by Gasteiger charge is -2.21. The van der Waals surface area contributed by atoms with E-state index in [0.29, 0.717) is 12.1 Å². The molecule has 0 bridgehead atoms. The summed E-state index contributed by atoms with van der Waals surface area (Å²) >= 11 is 0. The van der Waals surface area contributed by atoms with Gasteiger partial charge in [0.2, 0.25) is 5.91 Å². The van der Waals surface area contributed by atoms with Gasteiger partial charge in [-0.2, -0.15) is 0 Å². The highest BCUT2D eigenvalue weighted by atomic mass is 16.2. The molecule has 1 saturated heterocycles. The Balaban J connectivity index is 1.91. The molecule has 1 heterocycles. The third-order valence-electron chi connectivity index (χ3n) is 5.22. The van der Waals surface area contributed by atoms with Crippen molar-refractivity contribution in [1.29, 1.82) is 0 Å². The van der Waals surface area contributed by atoms with E-state index in [0.717, 1.165) is 41.7 Å². The molecular formula is C21H31N3O3. The van der Waals surface area contributed by atoms with E-state index < -0.39 is 11.6 Å². The third-order valence-corrected chi connectivity index (χ3v) is 5.22. The molecule has 1 atom stereocenters. The molecule has 1 fully saturated rings. The van der Waals surface area contributed by atoms with Crippen LogP contribution in [0.25, 0.3) is 0 Å². The molecule has 148 valence electrons. The molecule has 0 aliphatic carbocycles. The van der Waals surface area contributed by atoms with E-state index in [9.17, 15) is 14.4 Å². The number of benzene rings is 1. The van der Waals surface area contributed by atoms with Crippen molar-refractivity contribution >= 4 is 23.5 Å². The Labute approximate surface area is 161 Å². The van der Waals surface area contributed by atoms with Gasteiger partial charge in [0.25, 0.3) is 5.91 Å². The van der Waals surface area contributed by atoms with Crippen molar-refractivity contribution in [2.45, 2.75) is 71.8 Å². The molecule has 27 heavy (non-hydrogen) atoms. The molecule has 0 unspecified atom stereocenters. The molecule has 1 aromatic carbocycles. The summed E-state index contributed by atoms with van der Waals surface area (Å²) < 4.78 is 0. The molecule has 0 spiro atoms. The van der Waals surface area contributed by atoms with Crippen LogP contribution < -0.4 is 10.6 Å². The Kier molecular flexibility index (Phi) is 6.99. The monoisotopic (exact) mass is 373 g/mol. The Morgan fingerprint density at radius 2 is 1.81 bits per heavy atom. The molecule has 1 aliphatic rings. The van der Waals surface area contributed by atoms with Gasteiger partial charge in [0, 0.05) is 5.69 Å². The van der Waals surface area contributed by atoms with Gasteiger partial charge in [-0.3, -0.25) is 14.5 Å². The fourth-order valence-corrected chi connectivity index (χ4v) is 3.31. The Morgan fingerprint density at radius 1 is 1.11 bits per heavy atom. The number of hydrogen-bond donors (Lipinski definition) is 2. The molecule has 4 amide bonds. The van der Waals surface area contributed by atoms with Crippen molar-refractivity contribution in [2.24, 2.45) is 0 Å². The van der Waals surface area contributed by atoms with E-state index in [4.69, 9.17) is 0 Å². The molecule has 0 saturated carbocycles. The number of carbonyl (C=O) groups excluding carboxylic acids is 3. The lowest BCUT2D eigenvalue weighted by Crippen LogP contribution is -2.44. The van der Waals surface area contributed by atoms with Crippen LogP contribution in [0.3, 0.4) is 0 Å². The van der Waals surface area contributed by atoms with E-state index in [-0.39, 0.29) is 18.4 Å². The van der Waals surface area contributed by atoms with Crippen molar-refractivity contribution in [3.05, 3.63) is 29.3 Å². The zero-order valence-electron chi connectivity index (χ0n) is 16.9. The van der Waals surface area contributed by atoms with Gasteiger partial charge >= 0.3 is 6.03 Å². The SMILES string of the molecule is CCCCCCC[C@@]1(C)NC(=O)N(CC(=O)Nc2ccc(C)c(C)c2)C1=O. The molecule has 2 rings (SSSR count). The zero-order valence-corrected chi connectivity index (χ0v) is 16.9. The van der Waals surface area contributed by atoms with Crippen LogP contribution in [0.4, 0.5) is 10.5 Å². The summed E-state index contributed by atoms with van der Waals surface area (Å²) in [5.74, 6) is -0.702. The van der Waals surface area contributed by atoms with Crippen LogP contribution in [-0.2, 0) is 9.59 Å². The summed E-state index contributed by atoms with van der Waals surface area (Å²) in [7, 11) is 0. The minimum Gasteiger partial charge on any atom is -0.325 e. The number of nitrogens with zero attached hydrogens (tertiary/aromatic N) is 1. The van der Waals surface area contributed by atoms with Gasteiger partial charge in [-0.05, 0) is 50.5 Å². The van der Waals surface area contributed by atoms with Crippen molar-refractivity contribution < 1.29 is 14.4 Å². The summed E-state index contributed by atoms with van der Waals surface area (Å²) in [6.45, 7) is 7.59. The van der Waals surface area contributed by atoms with Gasteiger partial charge in [-0.15, -0.1) is 0 Å². The first-order valence-corrected chi connectivity index (χ1v) is 9.78. The second-order valence-electron chi connectivity index (χ2n) is 7.66. The van der Waals surface area contributed by atoms with Gasteiger partial charge in [-0.25, -0.2) is 4.79 Å².